The van der Waals surface area contributed by atoms with Gasteiger partial charge in [-0.2, -0.15) is 0 Å². The Morgan fingerprint density at radius 1 is 1.33 bits per heavy atom. The molecule has 0 aliphatic carbocycles. The van der Waals surface area contributed by atoms with Crippen molar-refractivity contribution < 1.29 is 4.74 Å². The van der Waals surface area contributed by atoms with Crippen molar-refractivity contribution >= 4 is 17.4 Å². The van der Waals surface area contributed by atoms with Crippen molar-refractivity contribution in [2.45, 2.75) is 19.1 Å². The van der Waals surface area contributed by atoms with E-state index in [0.717, 1.165) is 17.7 Å². The third-order valence-electron chi connectivity index (χ3n) is 3.36. The molecule has 3 N–H and O–H groups in total. The monoisotopic (exact) mass is 305 g/mol. The molecule has 0 aliphatic heterocycles. The molecule has 0 fully saturated rings. The van der Waals surface area contributed by atoms with Gasteiger partial charge in [-0.05, 0) is 18.2 Å². The summed E-state index contributed by atoms with van der Waals surface area (Å²) in [4.78, 5) is 4.14. The Balaban J connectivity index is 2.43. The number of anilines is 1. The Bertz CT molecular complexity index is 577. The van der Waals surface area contributed by atoms with E-state index in [1.165, 1.54) is 0 Å². The fourth-order valence-corrected chi connectivity index (χ4v) is 2.59. The van der Waals surface area contributed by atoms with E-state index >= 15 is 0 Å². The van der Waals surface area contributed by atoms with Gasteiger partial charge in [0.25, 0.3) is 0 Å². The van der Waals surface area contributed by atoms with Crippen LogP contribution in [-0.2, 0) is 4.74 Å². The first-order chi connectivity index (χ1) is 10.2. The molecule has 0 amide bonds. The van der Waals surface area contributed by atoms with Crippen LogP contribution in [0.25, 0.3) is 0 Å². The van der Waals surface area contributed by atoms with E-state index in [4.69, 9.17) is 22.1 Å². The third-order valence-corrected chi connectivity index (χ3v) is 3.57. The van der Waals surface area contributed by atoms with Gasteiger partial charge in [0, 0.05) is 18.9 Å². The van der Waals surface area contributed by atoms with Crippen LogP contribution < -0.4 is 11.1 Å². The molecule has 2 unspecified atom stereocenters. The van der Waals surface area contributed by atoms with E-state index in [-0.39, 0.29) is 12.1 Å². The van der Waals surface area contributed by atoms with Gasteiger partial charge in [0.2, 0.25) is 0 Å². The number of aromatic nitrogens is 1. The molecule has 4 nitrogen and oxygen atoms in total. The number of hydrogen-bond donors (Lipinski definition) is 2. The van der Waals surface area contributed by atoms with E-state index < -0.39 is 0 Å². The molecule has 0 aliphatic rings. The van der Waals surface area contributed by atoms with Gasteiger partial charge in [0.1, 0.15) is 11.9 Å². The summed E-state index contributed by atoms with van der Waals surface area (Å²) in [6, 6.07) is 11.8. The van der Waals surface area contributed by atoms with Crippen LogP contribution in [-0.4, -0.2) is 18.6 Å². The van der Waals surface area contributed by atoms with Crippen molar-refractivity contribution in [1.82, 2.24) is 10.3 Å². The minimum Gasteiger partial charge on any atom is -0.383 e. The Hall–Kier alpha value is -1.62. The second-order valence-electron chi connectivity index (χ2n) is 4.73. The molecule has 0 spiro atoms. The first kappa shape index (κ1) is 15.8. The van der Waals surface area contributed by atoms with E-state index in [0.29, 0.717) is 10.8 Å². The van der Waals surface area contributed by atoms with Crippen LogP contribution in [0.5, 0.6) is 0 Å². The Kier molecular flexibility index (Phi) is 5.56. The SMILES string of the molecule is CCNC(c1cc(Cl)cnc1N)C(OC)c1ccccc1. The molecule has 2 aromatic rings. The van der Waals surface area contributed by atoms with Crippen LogP contribution in [0.4, 0.5) is 5.82 Å². The predicted octanol–water partition coefficient (Wildman–Crippen LogP) is 3.36. The average molecular weight is 306 g/mol. The number of pyridine rings is 1. The maximum Gasteiger partial charge on any atom is 0.128 e. The third kappa shape index (κ3) is 3.73. The predicted molar refractivity (Wildman–Crippen MR) is 86.3 cm³/mol. The van der Waals surface area contributed by atoms with E-state index in [1.807, 2.05) is 43.3 Å². The number of nitrogens with one attached hydrogen (secondary N) is 1. The number of rotatable bonds is 6. The zero-order chi connectivity index (χ0) is 15.2. The van der Waals surface area contributed by atoms with Gasteiger partial charge in [0.05, 0.1) is 11.1 Å². The van der Waals surface area contributed by atoms with Crippen molar-refractivity contribution in [1.29, 1.82) is 0 Å². The van der Waals surface area contributed by atoms with Crippen LogP contribution in [0.2, 0.25) is 5.02 Å². The van der Waals surface area contributed by atoms with Crippen LogP contribution in [0.3, 0.4) is 0 Å². The molecule has 5 heteroatoms. The smallest absolute Gasteiger partial charge is 0.128 e. The lowest BCUT2D eigenvalue weighted by molar-refractivity contribution is 0.0683. The van der Waals surface area contributed by atoms with Crippen molar-refractivity contribution in [3.63, 3.8) is 0 Å². The number of methoxy groups -OCH3 is 1. The Labute approximate surface area is 130 Å². The summed E-state index contributed by atoms with van der Waals surface area (Å²) in [6.07, 6.45) is 1.38. The molecule has 1 heterocycles. The van der Waals surface area contributed by atoms with E-state index in [2.05, 4.69) is 10.3 Å². The van der Waals surface area contributed by atoms with Crippen molar-refractivity contribution in [2.75, 3.05) is 19.4 Å². The zero-order valence-corrected chi connectivity index (χ0v) is 13.0. The summed E-state index contributed by atoms with van der Waals surface area (Å²) in [5.41, 5.74) is 7.95. The molecule has 21 heavy (non-hydrogen) atoms. The van der Waals surface area contributed by atoms with Crippen LogP contribution in [0.1, 0.15) is 30.2 Å². The van der Waals surface area contributed by atoms with Gasteiger partial charge in [-0.3, -0.25) is 0 Å². The highest BCUT2D eigenvalue weighted by molar-refractivity contribution is 6.30. The molecule has 1 aromatic carbocycles. The summed E-state index contributed by atoms with van der Waals surface area (Å²) >= 11 is 6.07. The molecular formula is C16H20ClN3O. The highest BCUT2D eigenvalue weighted by Crippen LogP contribution is 2.34. The highest BCUT2D eigenvalue weighted by Gasteiger charge is 2.26. The lowest BCUT2D eigenvalue weighted by Gasteiger charge is -2.28. The molecule has 2 atom stereocenters. The molecule has 112 valence electrons. The first-order valence-corrected chi connectivity index (χ1v) is 7.27. The minimum atomic E-state index is -0.172. The lowest BCUT2D eigenvalue weighted by atomic mass is 9.96. The highest BCUT2D eigenvalue weighted by atomic mass is 35.5. The van der Waals surface area contributed by atoms with Gasteiger partial charge in [-0.15, -0.1) is 0 Å². The second-order valence-corrected chi connectivity index (χ2v) is 5.17. The van der Waals surface area contributed by atoms with E-state index in [9.17, 15) is 0 Å². The average Bonchev–Trinajstić information content (AvgIpc) is 2.51. The summed E-state index contributed by atoms with van der Waals surface area (Å²) in [5.74, 6) is 0.461. The van der Waals surface area contributed by atoms with Crippen molar-refractivity contribution in [2.24, 2.45) is 0 Å². The first-order valence-electron chi connectivity index (χ1n) is 6.89. The summed E-state index contributed by atoms with van der Waals surface area (Å²) in [7, 11) is 1.69. The number of likely N-dealkylation sites (N-methyl/N-ethyl adjacent to an activating group) is 1. The summed E-state index contributed by atoms with van der Waals surface area (Å²) < 4.78 is 5.71. The maximum absolute atomic E-state index is 6.07. The molecule has 2 rings (SSSR count). The van der Waals surface area contributed by atoms with E-state index in [1.54, 1.807) is 13.3 Å². The lowest BCUT2D eigenvalue weighted by Crippen LogP contribution is -2.29. The fraction of sp³-hybridized carbons (Fsp3) is 0.312. The number of nitrogens with two attached hydrogens (primary N) is 1. The van der Waals surface area contributed by atoms with Crippen molar-refractivity contribution in [3.05, 3.63) is 58.7 Å². The molecule has 1 aromatic heterocycles. The van der Waals surface area contributed by atoms with Crippen LogP contribution >= 0.6 is 11.6 Å². The number of ether oxygens (including phenoxy) is 1. The second kappa shape index (κ2) is 7.41. The number of nitrogen functional groups attached to an aromatic ring is 1. The molecule has 0 saturated heterocycles. The number of hydrogen-bond acceptors (Lipinski definition) is 4. The number of halogens is 1. The topological polar surface area (TPSA) is 60.2 Å². The molecule has 0 saturated carbocycles. The zero-order valence-electron chi connectivity index (χ0n) is 12.2. The molecule has 0 radical (unpaired) electrons. The number of benzene rings is 1. The fourth-order valence-electron chi connectivity index (χ4n) is 2.42. The normalized spacial score (nSPS) is 13.9. The minimum absolute atomic E-state index is 0.117. The van der Waals surface area contributed by atoms with Gasteiger partial charge in [0.15, 0.2) is 0 Å². The summed E-state index contributed by atoms with van der Waals surface area (Å²) in [6.45, 7) is 2.82. The molecule has 0 bridgehead atoms. The molecular weight excluding hydrogens is 286 g/mol. The van der Waals surface area contributed by atoms with Gasteiger partial charge < -0.3 is 15.8 Å². The van der Waals surface area contributed by atoms with Gasteiger partial charge in [-0.1, -0.05) is 48.9 Å². The van der Waals surface area contributed by atoms with Crippen molar-refractivity contribution in [3.8, 4) is 0 Å². The van der Waals surface area contributed by atoms with Crippen LogP contribution in [0, 0.1) is 0 Å². The maximum atomic E-state index is 6.07. The quantitative estimate of drug-likeness (QED) is 0.859. The van der Waals surface area contributed by atoms with Gasteiger partial charge >= 0.3 is 0 Å². The Morgan fingerprint density at radius 2 is 2.05 bits per heavy atom. The van der Waals surface area contributed by atoms with Gasteiger partial charge in [-0.25, -0.2) is 4.98 Å². The number of nitrogens with zero attached hydrogens (tertiary/aromatic N) is 1. The standard InChI is InChI=1S/C16H20ClN3O/c1-3-19-14(13-9-12(17)10-20-16(13)18)15(21-2)11-7-5-4-6-8-11/h4-10,14-15,19H,3H2,1-2H3,(H2,18,20). The largest absolute Gasteiger partial charge is 0.383 e. The Morgan fingerprint density at radius 3 is 2.67 bits per heavy atom. The summed E-state index contributed by atoms with van der Waals surface area (Å²) in [5, 5.41) is 3.97. The van der Waals surface area contributed by atoms with Crippen LogP contribution in [0.15, 0.2) is 42.6 Å².